The molecule has 0 aliphatic rings. The van der Waals surface area contributed by atoms with E-state index in [1.54, 1.807) is 0 Å². The second-order valence-electron chi connectivity index (χ2n) is 4.56. The number of para-hydroxylation sites is 1. The number of aromatic nitrogens is 1. The van der Waals surface area contributed by atoms with Gasteiger partial charge < -0.3 is 10.4 Å². The largest absolute Gasteiger partial charge is 0.396 e. The Bertz CT molecular complexity index is 581. The summed E-state index contributed by atoms with van der Waals surface area (Å²) in [5, 5.41) is 12.6. The first-order valence-electron chi connectivity index (χ1n) is 6.48. The van der Waals surface area contributed by atoms with Crippen molar-refractivity contribution in [1.29, 1.82) is 0 Å². The average molecular weight is 258 g/mol. The molecule has 0 saturated carbocycles. The van der Waals surface area contributed by atoms with Crippen LogP contribution in [0, 0.1) is 6.92 Å². The van der Waals surface area contributed by atoms with Crippen LogP contribution in [0.5, 0.6) is 0 Å². The van der Waals surface area contributed by atoms with Gasteiger partial charge in [-0.25, -0.2) is 0 Å². The molecule has 2 rings (SSSR count). The van der Waals surface area contributed by atoms with Crippen molar-refractivity contribution in [2.45, 2.75) is 26.2 Å². The molecule has 1 aromatic heterocycles. The van der Waals surface area contributed by atoms with Gasteiger partial charge in [0.2, 0.25) is 5.91 Å². The topological polar surface area (TPSA) is 62.2 Å². The molecule has 2 aromatic rings. The molecule has 0 radical (unpaired) electrons. The molecule has 0 bridgehead atoms. The van der Waals surface area contributed by atoms with Gasteiger partial charge >= 0.3 is 0 Å². The van der Waals surface area contributed by atoms with Gasteiger partial charge in [0.25, 0.3) is 0 Å². The van der Waals surface area contributed by atoms with Crippen molar-refractivity contribution < 1.29 is 9.90 Å². The minimum Gasteiger partial charge on any atom is -0.396 e. The SMILES string of the molecule is Cc1ccc2cccc(NC(=O)CCCCO)c2n1. The summed E-state index contributed by atoms with van der Waals surface area (Å²) in [4.78, 5) is 16.3. The van der Waals surface area contributed by atoms with Crippen LogP contribution in [0.15, 0.2) is 30.3 Å². The maximum Gasteiger partial charge on any atom is 0.224 e. The number of rotatable bonds is 5. The molecule has 1 aromatic carbocycles. The Morgan fingerprint density at radius 1 is 1.26 bits per heavy atom. The zero-order chi connectivity index (χ0) is 13.7. The molecule has 1 heterocycles. The molecule has 19 heavy (non-hydrogen) atoms. The van der Waals surface area contributed by atoms with Crippen LogP contribution in [0.25, 0.3) is 10.9 Å². The van der Waals surface area contributed by atoms with E-state index in [9.17, 15) is 4.79 Å². The van der Waals surface area contributed by atoms with Crippen LogP contribution in [-0.2, 0) is 4.79 Å². The van der Waals surface area contributed by atoms with Gasteiger partial charge in [-0.1, -0.05) is 18.2 Å². The molecular formula is C15H18N2O2. The van der Waals surface area contributed by atoms with Gasteiger partial charge in [-0.2, -0.15) is 0 Å². The summed E-state index contributed by atoms with van der Waals surface area (Å²) < 4.78 is 0. The van der Waals surface area contributed by atoms with Crippen molar-refractivity contribution in [2.75, 3.05) is 11.9 Å². The number of pyridine rings is 1. The van der Waals surface area contributed by atoms with E-state index in [1.165, 1.54) is 0 Å². The fraction of sp³-hybridized carbons (Fsp3) is 0.333. The molecule has 0 fully saturated rings. The molecule has 0 spiro atoms. The molecule has 4 heteroatoms. The number of aliphatic hydroxyl groups excluding tert-OH is 1. The number of hydrogen-bond donors (Lipinski definition) is 2. The molecule has 1 amide bonds. The fourth-order valence-electron chi connectivity index (χ4n) is 1.96. The lowest BCUT2D eigenvalue weighted by molar-refractivity contribution is -0.116. The molecule has 100 valence electrons. The van der Waals surface area contributed by atoms with Gasteiger partial charge in [0.15, 0.2) is 0 Å². The van der Waals surface area contributed by atoms with E-state index >= 15 is 0 Å². The van der Waals surface area contributed by atoms with E-state index in [1.807, 2.05) is 37.3 Å². The number of aryl methyl sites for hydroxylation is 1. The average Bonchev–Trinajstić information content (AvgIpc) is 2.40. The maximum absolute atomic E-state index is 11.8. The lowest BCUT2D eigenvalue weighted by atomic mass is 10.1. The van der Waals surface area contributed by atoms with Crippen LogP contribution in [0.2, 0.25) is 0 Å². The predicted octanol–water partition coefficient (Wildman–Crippen LogP) is 2.64. The number of amides is 1. The van der Waals surface area contributed by atoms with Gasteiger partial charge in [0.1, 0.15) is 0 Å². The highest BCUT2D eigenvalue weighted by Crippen LogP contribution is 2.21. The van der Waals surface area contributed by atoms with Gasteiger partial charge in [-0.05, 0) is 31.9 Å². The number of benzene rings is 1. The Morgan fingerprint density at radius 3 is 2.89 bits per heavy atom. The number of carbonyl (C=O) groups is 1. The first-order valence-corrected chi connectivity index (χ1v) is 6.48. The lowest BCUT2D eigenvalue weighted by Gasteiger charge is -2.08. The number of anilines is 1. The van der Waals surface area contributed by atoms with Gasteiger partial charge in [-0.3, -0.25) is 9.78 Å². The van der Waals surface area contributed by atoms with Crippen LogP contribution in [-0.4, -0.2) is 22.6 Å². The van der Waals surface area contributed by atoms with Crippen molar-refractivity contribution in [3.63, 3.8) is 0 Å². The quantitative estimate of drug-likeness (QED) is 0.810. The van der Waals surface area contributed by atoms with E-state index in [-0.39, 0.29) is 12.5 Å². The molecule has 0 aliphatic carbocycles. The Kier molecular flexibility index (Phi) is 4.47. The Labute approximate surface area is 112 Å². The van der Waals surface area contributed by atoms with E-state index in [0.29, 0.717) is 19.3 Å². The third-order valence-electron chi connectivity index (χ3n) is 2.95. The number of nitrogens with one attached hydrogen (secondary N) is 1. The molecule has 0 saturated heterocycles. The van der Waals surface area contributed by atoms with Crippen molar-refractivity contribution >= 4 is 22.5 Å². The number of carbonyl (C=O) groups excluding carboxylic acids is 1. The first-order chi connectivity index (χ1) is 9.20. The maximum atomic E-state index is 11.8. The van der Waals surface area contributed by atoms with E-state index < -0.39 is 0 Å². The molecule has 0 atom stereocenters. The van der Waals surface area contributed by atoms with Crippen LogP contribution < -0.4 is 5.32 Å². The summed E-state index contributed by atoms with van der Waals surface area (Å²) in [6.07, 6.45) is 1.77. The normalized spacial score (nSPS) is 10.6. The second-order valence-corrected chi connectivity index (χ2v) is 4.56. The highest BCUT2D eigenvalue weighted by molar-refractivity contribution is 6.00. The first kappa shape index (κ1) is 13.5. The Hall–Kier alpha value is -1.94. The standard InChI is InChI=1S/C15H18N2O2/c1-11-8-9-12-5-4-6-13(15(12)16-11)17-14(19)7-2-3-10-18/h4-6,8-9,18H,2-3,7,10H2,1H3,(H,17,19). The predicted molar refractivity (Wildman–Crippen MR) is 76.0 cm³/mol. The number of hydrogen-bond acceptors (Lipinski definition) is 3. The van der Waals surface area contributed by atoms with Crippen LogP contribution in [0.3, 0.4) is 0 Å². The molecule has 0 unspecified atom stereocenters. The third kappa shape index (κ3) is 3.51. The van der Waals surface area contributed by atoms with Crippen LogP contribution >= 0.6 is 0 Å². The van der Waals surface area contributed by atoms with Gasteiger partial charge in [0.05, 0.1) is 11.2 Å². The molecular weight excluding hydrogens is 240 g/mol. The number of unbranched alkanes of at least 4 members (excludes halogenated alkanes) is 1. The number of nitrogens with zero attached hydrogens (tertiary/aromatic N) is 1. The third-order valence-corrected chi connectivity index (χ3v) is 2.95. The van der Waals surface area contributed by atoms with E-state index in [2.05, 4.69) is 10.3 Å². The summed E-state index contributed by atoms with van der Waals surface area (Å²) in [7, 11) is 0. The minimum absolute atomic E-state index is 0.0377. The fourth-order valence-corrected chi connectivity index (χ4v) is 1.96. The summed E-state index contributed by atoms with van der Waals surface area (Å²) >= 11 is 0. The van der Waals surface area contributed by atoms with Crippen molar-refractivity contribution in [3.05, 3.63) is 36.0 Å². The number of fused-ring (bicyclic) bond motifs is 1. The smallest absolute Gasteiger partial charge is 0.224 e. The summed E-state index contributed by atoms with van der Waals surface area (Å²) in [5.41, 5.74) is 2.49. The van der Waals surface area contributed by atoms with Crippen molar-refractivity contribution in [1.82, 2.24) is 4.98 Å². The highest BCUT2D eigenvalue weighted by Gasteiger charge is 2.06. The molecule has 2 N–H and O–H groups in total. The van der Waals surface area contributed by atoms with Gasteiger partial charge in [-0.15, -0.1) is 0 Å². The summed E-state index contributed by atoms with van der Waals surface area (Å²) in [6.45, 7) is 2.06. The monoisotopic (exact) mass is 258 g/mol. The van der Waals surface area contributed by atoms with Crippen molar-refractivity contribution in [3.8, 4) is 0 Å². The summed E-state index contributed by atoms with van der Waals surface area (Å²) in [5.74, 6) is -0.0377. The van der Waals surface area contributed by atoms with Crippen LogP contribution in [0.4, 0.5) is 5.69 Å². The van der Waals surface area contributed by atoms with E-state index in [0.717, 1.165) is 22.3 Å². The van der Waals surface area contributed by atoms with Gasteiger partial charge in [0, 0.05) is 24.1 Å². The second kappa shape index (κ2) is 6.29. The van der Waals surface area contributed by atoms with Crippen LogP contribution in [0.1, 0.15) is 25.0 Å². The lowest BCUT2D eigenvalue weighted by Crippen LogP contribution is -2.12. The van der Waals surface area contributed by atoms with E-state index in [4.69, 9.17) is 5.11 Å². The zero-order valence-electron chi connectivity index (χ0n) is 11.0. The number of aliphatic hydroxyl groups is 1. The molecule has 4 nitrogen and oxygen atoms in total. The summed E-state index contributed by atoms with van der Waals surface area (Å²) in [6, 6.07) is 9.69. The van der Waals surface area contributed by atoms with Crippen molar-refractivity contribution in [2.24, 2.45) is 0 Å². The minimum atomic E-state index is -0.0377. The molecule has 0 aliphatic heterocycles. The Morgan fingerprint density at radius 2 is 2.11 bits per heavy atom. The Balaban J connectivity index is 2.16. The zero-order valence-corrected chi connectivity index (χ0v) is 11.0. The highest BCUT2D eigenvalue weighted by atomic mass is 16.2.